The van der Waals surface area contributed by atoms with E-state index in [1.165, 1.54) is 18.2 Å². The van der Waals surface area contributed by atoms with E-state index in [0.717, 1.165) is 12.1 Å². The Morgan fingerprint density at radius 3 is 2.12 bits per heavy atom. The molecule has 0 aliphatic heterocycles. The number of rotatable bonds is 3. The molecule has 1 aromatic carbocycles. The molecule has 0 aliphatic rings. The number of hydrogen-bond donors (Lipinski definition) is 1. The molecule has 0 atom stereocenters. The monoisotopic (exact) mass is 256 g/mol. The van der Waals surface area contributed by atoms with Gasteiger partial charge in [-0.1, -0.05) is 18.2 Å². The standard InChI is InChI=1S/C7H7F3N2O3S/c8-7(9,10)15-12(11)16(13,14)6-4-2-1-3-5-6/h1-5H,11H2. The van der Waals surface area contributed by atoms with Crippen molar-refractivity contribution >= 4 is 10.0 Å². The van der Waals surface area contributed by atoms with Crippen LogP contribution >= 0.6 is 0 Å². The third-order valence-electron chi connectivity index (χ3n) is 1.47. The van der Waals surface area contributed by atoms with Crippen LogP contribution in [-0.4, -0.2) is 19.4 Å². The van der Waals surface area contributed by atoms with Crippen LogP contribution in [0, 0.1) is 0 Å². The molecule has 0 aliphatic carbocycles. The lowest BCUT2D eigenvalue weighted by atomic mass is 10.4. The first-order valence-corrected chi connectivity index (χ1v) is 5.28. The van der Waals surface area contributed by atoms with Crippen LogP contribution in [0.15, 0.2) is 35.2 Å². The van der Waals surface area contributed by atoms with Crippen molar-refractivity contribution in [2.24, 2.45) is 5.84 Å². The maximum Gasteiger partial charge on any atom is 0.541 e. The average Bonchev–Trinajstić information content (AvgIpc) is 2.16. The molecule has 90 valence electrons. The van der Waals surface area contributed by atoms with Crippen molar-refractivity contribution in [3.63, 3.8) is 0 Å². The highest BCUT2D eigenvalue weighted by atomic mass is 32.2. The summed E-state index contributed by atoms with van der Waals surface area (Å²) < 4.78 is 57.3. The van der Waals surface area contributed by atoms with E-state index in [-0.39, 0.29) is 0 Å². The van der Waals surface area contributed by atoms with Crippen molar-refractivity contribution in [2.45, 2.75) is 11.3 Å². The first-order valence-electron chi connectivity index (χ1n) is 3.84. The fraction of sp³-hybridized carbons (Fsp3) is 0.143. The zero-order valence-corrected chi connectivity index (χ0v) is 8.49. The summed E-state index contributed by atoms with van der Waals surface area (Å²) in [6, 6.07) is 6.37. The number of hydrazine groups is 1. The van der Waals surface area contributed by atoms with E-state index < -0.39 is 25.9 Å². The Kier molecular flexibility index (Phi) is 3.53. The van der Waals surface area contributed by atoms with Crippen LogP contribution in [-0.2, 0) is 14.9 Å². The topological polar surface area (TPSA) is 72.6 Å². The zero-order valence-electron chi connectivity index (χ0n) is 7.68. The summed E-state index contributed by atoms with van der Waals surface area (Å²) in [7, 11) is -4.50. The van der Waals surface area contributed by atoms with Gasteiger partial charge in [0, 0.05) is 4.58 Å². The van der Waals surface area contributed by atoms with E-state index in [1.54, 1.807) is 0 Å². The number of sulfonamides is 1. The summed E-state index contributed by atoms with van der Waals surface area (Å²) >= 11 is 0. The Morgan fingerprint density at radius 1 is 1.19 bits per heavy atom. The molecule has 0 saturated heterocycles. The molecule has 0 bridgehead atoms. The molecule has 0 spiro atoms. The zero-order chi connectivity index (χ0) is 12.4. The molecular formula is C7H7F3N2O3S. The van der Waals surface area contributed by atoms with Crippen LogP contribution in [0.3, 0.4) is 0 Å². The predicted molar refractivity (Wildman–Crippen MR) is 46.8 cm³/mol. The van der Waals surface area contributed by atoms with Gasteiger partial charge in [-0.3, -0.25) is 0 Å². The van der Waals surface area contributed by atoms with E-state index in [9.17, 15) is 21.6 Å². The molecule has 0 heterocycles. The molecule has 1 aromatic rings. The normalized spacial score (nSPS) is 13.1. The average molecular weight is 256 g/mol. The van der Waals surface area contributed by atoms with E-state index in [0.29, 0.717) is 0 Å². The fourth-order valence-corrected chi connectivity index (χ4v) is 1.74. The molecule has 5 nitrogen and oxygen atoms in total. The number of alkyl halides is 3. The first kappa shape index (κ1) is 12.9. The Labute approximate surface area is 89.2 Å². The lowest BCUT2D eigenvalue weighted by molar-refractivity contribution is -0.391. The molecule has 16 heavy (non-hydrogen) atoms. The predicted octanol–water partition coefficient (Wildman–Crippen LogP) is 1.00. The molecule has 0 saturated carbocycles. The molecule has 0 unspecified atom stereocenters. The molecule has 0 fully saturated rings. The van der Waals surface area contributed by atoms with Crippen LogP contribution in [0.2, 0.25) is 0 Å². The Hall–Kier alpha value is -1.16. The number of halogens is 3. The molecule has 0 radical (unpaired) electrons. The Bertz CT molecular complexity index is 446. The minimum Gasteiger partial charge on any atom is -0.230 e. The summed E-state index contributed by atoms with van der Waals surface area (Å²) in [6.45, 7) is 0. The second-order valence-electron chi connectivity index (χ2n) is 2.61. The highest BCUT2D eigenvalue weighted by Gasteiger charge is 2.37. The van der Waals surface area contributed by atoms with Gasteiger partial charge in [-0.25, -0.2) is 14.3 Å². The number of nitrogens with two attached hydrogens (primary N) is 1. The van der Waals surface area contributed by atoms with Gasteiger partial charge in [0.15, 0.2) is 0 Å². The first-order chi connectivity index (χ1) is 7.23. The minimum atomic E-state index is -5.17. The second kappa shape index (κ2) is 4.37. The second-order valence-corrected chi connectivity index (χ2v) is 4.39. The summed E-state index contributed by atoms with van der Waals surface area (Å²) in [5.74, 6) is 4.67. The summed E-state index contributed by atoms with van der Waals surface area (Å²) in [6.07, 6.45) is -5.17. The van der Waals surface area contributed by atoms with Crippen LogP contribution in [0.4, 0.5) is 13.2 Å². The van der Waals surface area contributed by atoms with Gasteiger partial charge in [0.1, 0.15) is 0 Å². The third kappa shape index (κ3) is 3.17. The van der Waals surface area contributed by atoms with Gasteiger partial charge < -0.3 is 0 Å². The van der Waals surface area contributed by atoms with Crippen molar-refractivity contribution in [3.05, 3.63) is 30.3 Å². The van der Waals surface area contributed by atoms with E-state index >= 15 is 0 Å². The lowest BCUT2D eigenvalue weighted by Gasteiger charge is -2.16. The minimum absolute atomic E-state index is 0.401. The molecule has 9 heteroatoms. The van der Waals surface area contributed by atoms with E-state index in [1.807, 2.05) is 0 Å². The van der Waals surface area contributed by atoms with Crippen molar-refractivity contribution in [1.29, 1.82) is 0 Å². The number of hydrogen-bond acceptors (Lipinski definition) is 4. The molecule has 0 amide bonds. The van der Waals surface area contributed by atoms with E-state index in [4.69, 9.17) is 0 Å². The summed E-state index contributed by atoms with van der Waals surface area (Å²) in [4.78, 5) is 2.68. The molecule has 1 rings (SSSR count). The van der Waals surface area contributed by atoms with Crippen molar-refractivity contribution in [1.82, 2.24) is 4.58 Å². The Morgan fingerprint density at radius 2 is 1.69 bits per heavy atom. The summed E-state index contributed by atoms with van der Waals surface area (Å²) in [5.41, 5.74) is 0. The van der Waals surface area contributed by atoms with Gasteiger partial charge in [-0.05, 0) is 12.1 Å². The van der Waals surface area contributed by atoms with Gasteiger partial charge in [0.05, 0.1) is 4.90 Å². The molecular weight excluding hydrogens is 249 g/mol. The maximum absolute atomic E-state index is 11.7. The SMILES string of the molecule is NN(OC(F)(F)F)S(=O)(=O)c1ccccc1. The van der Waals surface area contributed by atoms with Crippen LogP contribution in [0.1, 0.15) is 0 Å². The summed E-state index contributed by atoms with van der Waals surface area (Å²) in [5, 5.41) is 0. The van der Waals surface area contributed by atoms with Crippen molar-refractivity contribution in [2.75, 3.05) is 0 Å². The highest BCUT2D eigenvalue weighted by Crippen LogP contribution is 2.21. The lowest BCUT2D eigenvalue weighted by Crippen LogP contribution is -2.41. The van der Waals surface area contributed by atoms with Crippen LogP contribution in [0.5, 0.6) is 0 Å². The smallest absolute Gasteiger partial charge is 0.230 e. The largest absolute Gasteiger partial charge is 0.541 e. The molecule has 2 N–H and O–H groups in total. The molecule has 0 aromatic heterocycles. The maximum atomic E-state index is 11.7. The van der Waals surface area contributed by atoms with Gasteiger partial charge in [-0.2, -0.15) is 4.84 Å². The number of benzene rings is 1. The van der Waals surface area contributed by atoms with Gasteiger partial charge in [0.25, 0.3) is 10.0 Å². The van der Waals surface area contributed by atoms with Crippen molar-refractivity contribution in [3.8, 4) is 0 Å². The van der Waals surface area contributed by atoms with Crippen LogP contribution < -0.4 is 5.84 Å². The van der Waals surface area contributed by atoms with Gasteiger partial charge >= 0.3 is 6.36 Å². The number of nitrogens with zero attached hydrogens (tertiary/aromatic N) is 1. The van der Waals surface area contributed by atoms with E-state index in [2.05, 4.69) is 10.7 Å². The van der Waals surface area contributed by atoms with Gasteiger partial charge in [0.2, 0.25) is 0 Å². The third-order valence-corrected chi connectivity index (χ3v) is 2.89. The quantitative estimate of drug-likeness (QED) is 0.647. The fourth-order valence-electron chi connectivity index (χ4n) is 0.847. The Balaban J connectivity index is 2.96. The highest BCUT2D eigenvalue weighted by molar-refractivity contribution is 7.89. The van der Waals surface area contributed by atoms with Gasteiger partial charge in [-0.15, -0.1) is 13.2 Å². The van der Waals surface area contributed by atoms with Crippen molar-refractivity contribution < 1.29 is 26.4 Å². The van der Waals surface area contributed by atoms with Crippen LogP contribution in [0.25, 0.3) is 0 Å².